The molecule has 2 fully saturated rings. The summed E-state index contributed by atoms with van der Waals surface area (Å²) in [6, 6.07) is 5.93. The Labute approximate surface area is 271 Å². The molecule has 47 heavy (non-hydrogen) atoms. The first-order valence-electron chi connectivity index (χ1n) is 15.4. The number of amides is 2. The van der Waals surface area contributed by atoms with Crippen molar-refractivity contribution in [1.29, 1.82) is 0 Å². The van der Waals surface area contributed by atoms with Gasteiger partial charge in [-0.3, -0.25) is 14.6 Å². The Hall–Kier alpha value is -3.58. The van der Waals surface area contributed by atoms with Crippen molar-refractivity contribution in [2.75, 3.05) is 45.9 Å². The van der Waals surface area contributed by atoms with Gasteiger partial charge in [0.2, 0.25) is 0 Å². The van der Waals surface area contributed by atoms with Crippen LogP contribution in [0.25, 0.3) is 0 Å². The number of carbonyl (C=O) groups excluding carboxylic acids is 2. The van der Waals surface area contributed by atoms with Crippen LogP contribution in [0.5, 0.6) is 0 Å². The van der Waals surface area contributed by atoms with Gasteiger partial charge in [0, 0.05) is 44.3 Å². The molecule has 2 aromatic carbocycles. The molecule has 2 saturated heterocycles. The number of piperazine rings is 1. The molecule has 2 heterocycles. The predicted octanol–water partition coefficient (Wildman–Crippen LogP) is 6.90. The zero-order chi connectivity index (χ0) is 34.7. The largest absolute Gasteiger partial charge is 0.444 e. The van der Waals surface area contributed by atoms with E-state index in [2.05, 4.69) is 4.90 Å². The van der Waals surface area contributed by atoms with E-state index in [0.29, 0.717) is 57.9 Å². The molecule has 0 unspecified atom stereocenters. The SMILES string of the molecule is Cc1ccc(C[C@@H]2CN(C/C=C/[C@@H]3COCCN3C(=O)OC(C)(C)C)CCN2C(=O)c2cc(C(F)(F)F)cc(C(F)(F)F)c2)cc1C. The monoisotopic (exact) mass is 669 g/mol. The van der Waals surface area contributed by atoms with Gasteiger partial charge >= 0.3 is 18.4 Å². The number of alkyl halides is 6. The summed E-state index contributed by atoms with van der Waals surface area (Å²) in [5, 5.41) is 0. The number of rotatable bonds is 6. The fraction of sp³-hybridized carbons (Fsp3) is 0.529. The van der Waals surface area contributed by atoms with Crippen molar-refractivity contribution in [3.05, 3.63) is 81.9 Å². The zero-order valence-corrected chi connectivity index (χ0v) is 27.2. The number of nitrogens with zero attached hydrogens (tertiary/aromatic N) is 3. The van der Waals surface area contributed by atoms with E-state index in [1.54, 1.807) is 25.7 Å². The van der Waals surface area contributed by atoms with E-state index in [9.17, 15) is 35.9 Å². The van der Waals surface area contributed by atoms with Crippen molar-refractivity contribution in [1.82, 2.24) is 14.7 Å². The van der Waals surface area contributed by atoms with Crippen molar-refractivity contribution in [2.45, 2.75) is 71.1 Å². The van der Waals surface area contributed by atoms with Crippen LogP contribution in [0.15, 0.2) is 48.6 Å². The Kier molecular flexibility index (Phi) is 11.0. The van der Waals surface area contributed by atoms with Crippen LogP contribution in [0, 0.1) is 13.8 Å². The summed E-state index contributed by atoms with van der Waals surface area (Å²) in [4.78, 5) is 31.5. The number of hydrogen-bond donors (Lipinski definition) is 0. The summed E-state index contributed by atoms with van der Waals surface area (Å²) in [5.74, 6) is -0.891. The van der Waals surface area contributed by atoms with Gasteiger partial charge in [-0.15, -0.1) is 0 Å². The molecule has 2 aliphatic rings. The van der Waals surface area contributed by atoms with Crippen molar-refractivity contribution in [2.24, 2.45) is 0 Å². The van der Waals surface area contributed by atoms with Gasteiger partial charge in [0.25, 0.3) is 5.91 Å². The summed E-state index contributed by atoms with van der Waals surface area (Å²) in [6.07, 6.45) is -6.48. The average molecular weight is 670 g/mol. The number of benzene rings is 2. The lowest BCUT2D eigenvalue weighted by Gasteiger charge is -2.41. The molecule has 0 bridgehead atoms. The fourth-order valence-corrected chi connectivity index (χ4v) is 5.67. The Morgan fingerprint density at radius 3 is 2.15 bits per heavy atom. The van der Waals surface area contributed by atoms with E-state index in [-0.39, 0.29) is 18.7 Å². The molecule has 258 valence electrons. The van der Waals surface area contributed by atoms with E-state index >= 15 is 0 Å². The molecule has 0 radical (unpaired) electrons. The van der Waals surface area contributed by atoms with Gasteiger partial charge in [0.1, 0.15) is 5.60 Å². The van der Waals surface area contributed by atoms with Gasteiger partial charge in [-0.05, 0) is 75.9 Å². The maximum absolute atomic E-state index is 13.7. The normalized spacial score (nSPS) is 20.1. The number of halogens is 6. The molecule has 4 rings (SSSR count). The highest BCUT2D eigenvalue weighted by Gasteiger charge is 2.39. The van der Waals surface area contributed by atoms with Gasteiger partial charge in [0.15, 0.2) is 0 Å². The summed E-state index contributed by atoms with van der Waals surface area (Å²) >= 11 is 0. The van der Waals surface area contributed by atoms with Gasteiger partial charge in [-0.2, -0.15) is 26.3 Å². The third kappa shape index (κ3) is 9.72. The van der Waals surface area contributed by atoms with Gasteiger partial charge in [0.05, 0.1) is 30.4 Å². The summed E-state index contributed by atoms with van der Waals surface area (Å²) < 4.78 is 92.6. The number of ether oxygens (including phenoxy) is 2. The molecular weight excluding hydrogens is 628 g/mol. The predicted molar refractivity (Wildman–Crippen MR) is 164 cm³/mol. The highest BCUT2D eigenvalue weighted by atomic mass is 19.4. The van der Waals surface area contributed by atoms with E-state index in [4.69, 9.17) is 9.47 Å². The standard InChI is InChI=1S/C34H41F6N3O4/c1-22-8-9-24(15-23(22)2)16-29-20-41(10-6-7-28-21-46-14-13-43(28)31(45)47-32(3,4)5)11-12-42(29)30(44)25-17-26(33(35,36)37)19-27(18-25)34(38,39)40/h6-9,15,17-19,28-29H,10-14,16,20-21H2,1-5H3/b7-6+/t28-,29-/m1/s1. The lowest BCUT2D eigenvalue weighted by Crippen LogP contribution is -2.56. The maximum Gasteiger partial charge on any atom is 0.416 e. The lowest BCUT2D eigenvalue weighted by atomic mass is 9.97. The minimum absolute atomic E-state index is 0.0227. The minimum Gasteiger partial charge on any atom is -0.444 e. The van der Waals surface area contributed by atoms with Crippen LogP contribution in [0.4, 0.5) is 31.1 Å². The first-order chi connectivity index (χ1) is 21.8. The van der Waals surface area contributed by atoms with Crippen molar-refractivity contribution in [3.8, 4) is 0 Å². The Morgan fingerprint density at radius 1 is 0.894 bits per heavy atom. The number of hydrogen-bond acceptors (Lipinski definition) is 5. The summed E-state index contributed by atoms with van der Waals surface area (Å²) in [6.45, 7) is 11.5. The molecular formula is C34H41F6N3O4. The second kappa shape index (κ2) is 14.3. The van der Waals surface area contributed by atoms with E-state index < -0.39 is 52.7 Å². The Bertz CT molecular complexity index is 1430. The molecule has 0 spiro atoms. The molecule has 0 aliphatic carbocycles. The zero-order valence-electron chi connectivity index (χ0n) is 27.2. The van der Waals surface area contributed by atoms with Gasteiger partial charge < -0.3 is 14.4 Å². The molecule has 2 amide bonds. The number of carbonyl (C=O) groups is 2. The molecule has 13 heteroatoms. The second-order valence-electron chi connectivity index (χ2n) is 13.1. The van der Waals surface area contributed by atoms with Crippen molar-refractivity contribution in [3.63, 3.8) is 0 Å². The maximum atomic E-state index is 13.7. The van der Waals surface area contributed by atoms with Crippen LogP contribution in [0.3, 0.4) is 0 Å². The van der Waals surface area contributed by atoms with Crippen LogP contribution >= 0.6 is 0 Å². The lowest BCUT2D eigenvalue weighted by molar-refractivity contribution is -0.143. The molecule has 0 N–H and O–H groups in total. The van der Waals surface area contributed by atoms with Crippen molar-refractivity contribution >= 4 is 12.0 Å². The van der Waals surface area contributed by atoms with Crippen LogP contribution in [-0.4, -0.2) is 90.3 Å². The Balaban J connectivity index is 1.56. The van der Waals surface area contributed by atoms with Crippen molar-refractivity contribution < 1.29 is 45.4 Å². The molecule has 7 nitrogen and oxygen atoms in total. The highest BCUT2D eigenvalue weighted by Crippen LogP contribution is 2.37. The average Bonchev–Trinajstić information content (AvgIpc) is 2.97. The Morgan fingerprint density at radius 2 is 1.55 bits per heavy atom. The quantitative estimate of drug-likeness (QED) is 0.248. The first-order valence-corrected chi connectivity index (χ1v) is 15.4. The topological polar surface area (TPSA) is 62.3 Å². The molecule has 0 saturated carbocycles. The molecule has 2 atom stereocenters. The summed E-state index contributed by atoms with van der Waals surface area (Å²) in [5.41, 5.74) is -1.41. The van der Waals surface area contributed by atoms with Crippen LogP contribution in [0.2, 0.25) is 0 Å². The van der Waals surface area contributed by atoms with Crippen LogP contribution in [-0.2, 0) is 28.2 Å². The number of aryl methyl sites for hydroxylation is 2. The third-order valence-corrected chi connectivity index (χ3v) is 8.22. The van der Waals surface area contributed by atoms with Crippen LogP contribution < -0.4 is 0 Å². The highest BCUT2D eigenvalue weighted by molar-refractivity contribution is 5.95. The number of morpholine rings is 1. The van der Waals surface area contributed by atoms with E-state index in [1.807, 2.05) is 44.2 Å². The second-order valence-corrected chi connectivity index (χ2v) is 13.1. The molecule has 2 aromatic rings. The van der Waals surface area contributed by atoms with Crippen LogP contribution in [0.1, 0.15) is 58.9 Å². The third-order valence-electron chi connectivity index (χ3n) is 8.22. The van der Waals surface area contributed by atoms with E-state index in [0.717, 1.165) is 16.7 Å². The molecule has 0 aromatic heterocycles. The van der Waals surface area contributed by atoms with Gasteiger partial charge in [-0.1, -0.05) is 30.4 Å². The fourth-order valence-electron chi connectivity index (χ4n) is 5.67. The van der Waals surface area contributed by atoms with E-state index in [1.165, 1.54) is 4.90 Å². The smallest absolute Gasteiger partial charge is 0.416 e. The minimum atomic E-state index is -5.07. The first kappa shape index (κ1) is 36.3. The molecule has 2 aliphatic heterocycles. The summed E-state index contributed by atoms with van der Waals surface area (Å²) in [7, 11) is 0. The van der Waals surface area contributed by atoms with Gasteiger partial charge in [-0.25, -0.2) is 4.79 Å².